The quantitative estimate of drug-likeness (QED) is 0.362. The number of nitrogens with zero attached hydrogens (tertiary/aromatic N) is 1. The number of hydrogen-bond donors (Lipinski definition) is 0. The van der Waals surface area contributed by atoms with Gasteiger partial charge in [0.05, 0.1) is 10.5 Å². The van der Waals surface area contributed by atoms with Crippen LogP contribution in [0.2, 0.25) is 0 Å². The molecule has 0 radical (unpaired) electrons. The van der Waals surface area contributed by atoms with Crippen molar-refractivity contribution in [1.29, 1.82) is 0 Å². The first-order chi connectivity index (χ1) is 11.3. The van der Waals surface area contributed by atoms with E-state index in [1.54, 1.807) is 6.92 Å². The van der Waals surface area contributed by atoms with E-state index in [9.17, 15) is 24.1 Å². The molecule has 2 rings (SSSR count). The Morgan fingerprint density at radius 2 is 1.71 bits per heavy atom. The van der Waals surface area contributed by atoms with Crippen molar-refractivity contribution >= 4 is 17.4 Å². The van der Waals surface area contributed by atoms with Gasteiger partial charge in [0.2, 0.25) is 5.78 Å². The maximum atomic E-state index is 12.9. The minimum absolute atomic E-state index is 0.0222. The number of nitro benzene ring substituents is 1. The van der Waals surface area contributed by atoms with Crippen LogP contribution in [0.25, 0.3) is 0 Å². The molecule has 0 spiro atoms. The topological polar surface area (TPSA) is 86.5 Å². The largest absolute Gasteiger partial charge is 0.451 e. The van der Waals surface area contributed by atoms with Crippen LogP contribution >= 0.6 is 0 Å². The minimum atomic E-state index is -1.11. The van der Waals surface area contributed by atoms with Gasteiger partial charge in [-0.2, -0.15) is 0 Å². The Labute approximate surface area is 137 Å². The maximum absolute atomic E-state index is 12.9. The van der Waals surface area contributed by atoms with Gasteiger partial charge in [-0.3, -0.25) is 14.9 Å². The van der Waals surface area contributed by atoms with Gasteiger partial charge in [0.25, 0.3) is 5.69 Å². The first-order valence-corrected chi connectivity index (χ1v) is 7.05. The zero-order valence-electron chi connectivity index (χ0n) is 13.0. The summed E-state index contributed by atoms with van der Waals surface area (Å²) < 4.78 is 17.9. The highest BCUT2D eigenvalue weighted by Gasteiger charge is 2.22. The number of esters is 1. The Bertz CT molecular complexity index is 801. The van der Waals surface area contributed by atoms with E-state index in [4.69, 9.17) is 4.74 Å². The molecule has 0 aromatic heterocycles. The fourth-order valence-electron chi connectivity index (χ4n) is 2.06. The van der Waals surface area contributed by atoms with Gasteiger partial charge in [-0.15, -0.1) is 0 Å². The first-order valence-electron chi connectivity index (χ1n) is 7.05. The number of ketones is 1. The van der Waals surface area contributed by atoms with Gasteiger partial charge in [0.15, 0.2) is 6.10 Å². The van der Waals surface area contributed by atoms with Gasteiger partial charge in [-0.05, 0) is 44.2 Å². The number of hydrogen-bond acceptors (Lipinski definition) is 5. The van der Waals surface area contributed by atoms with Crippen LogP contribution in [0.3, 0.4) is 0 Å². The highest BCUT2D eigenvalue weighted by molar-refractivity contribution is 6.01. The van der Waals surface area contributed by atoms with Crippen molar-refractivity contribution in [3.63, 3.8) is 0 Å². The molecule has 1 atom stereocenters. The third kappa shape index (κ3) is 3.81. The molecule has 0 aliphatic carbocycles. The van der Waals surface area contributed by atoms with E-state index < -0.39 is 28.6 Å². The highest BCUT2D eigenvalue weighted by atomic mass is 19.1. The molecule has 6 nitrogen and oxygen atoms in total. The number of carbonyl (C=O) groups excluding carboxylic acids is 2. The fourth-order valence-corrected chi connectivity index (χ4v) is 2.06. The molecule has 24 heavy (non-hydrogen) atoms. The molecule has 2 aromatic carbocycles. The van der Waals surface area contributed by atoms with Crippen LogP contribution in [0.15, 0.2) is 42.5 Å². The van der Waals surface area contributed by atoms with Gasteiger partial charge in [-0.25, -0.2) is 9.18 Å². The predicted octanol–water partition coefficient (Wildman–Crippen LogP) is 3.47. The van der Waals surface area contributed by atoms with Crippen LogP contribution in [-0.2, 0) is 4.74 Å². The van der Waals surface area contributed by atoms with E-state index in [1.165, 1.54) is 31.2 Å². The van der Waals surface area contributed by atoms with Crippen molar-refractivity contribution in [2.45, 2.75) is 20.0 Å². The summed E-state index contributed by atoms with van der Waals surface area (Å²) in [6.07, 6.45) is -1.11. The monoisotopic (exact) mass is 331 g/mol. The lowest BCUT2D eigenvalue weighted by atomic mass is 10.1. The maximum Gasteiger partial charge on any atom is 0.339 e. The Morgan fingerprint density at radius 1 is 1.12 bits per heavy atom. The first kappa shape index (κ1) is 17.3. The van der Waals surface area contributed by atoms with Crippen LogP contribution in [-0.4, -0.2) is 22.8 Å². The molecule has 0 heterocycles. The lowest BCUT2D eigenvalue weighted by Gasteiger charge is -2.12. The van der Waals surface area contributed by atoms with Crippen molar-refractivity contribution in [1.82, 2.24) is 0 Å². The Kier molecular flexibility index (Phi) is 5.03. The van der Waals surface area contributed by atoms with Crippen molar-refractivity contribution < 1.29 is 23.6 Å². The van der Waals surface area contributed by atoms with Gasteiger partial charge in [0.1, 0.15) is 5.82 Å². The number of nitro groups is 1. The minimum Gasteiger partial charge on any atom is -0.451 e. The average Bonchev–Trinajstić information content (AvgIpc) is 2.54. The standard InChI is InChI=1S/C17H14FNO5/c1-10-3-4-13(9-15(10)19(22)23)17(21)24-11(2)16(20)12-5-7-14(18)8-6-12/h3-9,11H,1-2H3/t11-/m0/s1. The number of benzene rings is 2. The smallest absolute Gasteiger partial charge is 0.339 e. The molecule has 0 bridgehead atoms. The summed E-state index contributed by atoms with van der Waals surface area (Å²) in [5.74, 6) is -1.82. The van der Waals surface area contributed by atoms with E-state index in [2.05, 4.69) is 0 Å². The number of carbonyl (C=O) groups is 2. The van der Waals surface area contributed by atoms with Gasteiger partial charge in [0, 0.05) is 17.2 Å². The molecule has 0 aliphatic rings. The van der Waals surface area contributed by atoms with Gasteiger partial charge >= 0.3 is 5.97 Å². The molecule has 0 saturated carbocycles. The van der Waals surface area contributed by atoms with Gasteiger partial charge < -0.3 is 4.74 Å². The van der Waals surface area contributed by atoms with E-state index >= 15 is 0 Å². The summed E-state index contributed by atoms with van der Waals surface area (Å²) in [5, 5.41) is 10.9. The van der Waals surface area contributed by atoms with E-state index in [0.29, 0.717) is 5.56 Å². The zero-order chi connectivity index (χ0) is 17.9. The summed E-state index contributed by atoms with van der Waals surface area (Å²) in [7, 11) is 0. The molecular weight excluding hydrogens is 317 g/mol. The number of Topliss-reactive ketones (excluding diaryl/α,β-unsaturated/α-hetero) is 1. The fraction of sp³-hybridized carbons (Fsp3) is 0.176. The van der Waals surface area contributed by atoms with E-state index in [1.807, 2.05) is 0 Å². The molecule has 124 valence electrons. The highest BCUT2D eigenvalue weighted by Crippen LogP contribution is 2.20. The molecule has 0 aliphatic heterocycles. The number of aryl methyl sites for hydroxylation is 1. The van der Waals surface area contributed by atoms with Crippen molar-refractivity contribution in [2.75, 3.05) is 0 Å². The molecule has 0 saturated heterocycles. The summed E-state index contributed by atoms with van der Waals surface area (Å²) in [4.78, 5) is 34.5. The molecule has 2 aromatic rings. The van der Waals surface area contributed by atoms with E-state index in [0.717, 1.165) is 18.2 Å². The lowest BCUT2D eigenvalue weighted by Crippen LogP contribution is -2.24. The third-order valence-corrected chi connectivity index (χ3v) is 3.42. The number of ether oxygens (including phenoxy) is 1. The van der Waals surface area contributed by atoms with Crippen LogP contribution < -0.4 is 0 Å². The SMILES string of the molecule is Cc1ccc(C(=O)O[C@@H](C)C(=O)c2ccc(F)cc2)cc1[N+](=O)[O-]. The van der Waals surface area contributed by atoms with Crippen molar-refractivity contribution in [3.8, 4) is 0 Å². The number of rotatable bonds is 5. The number of halogens is 1. The summed E-state index contributed by atoms with van der Waals surface area (Å²) in [5.41, 5.74) is 0.381. The molecule has 0 amide bonds. The second-order valence-electron chi connectivity index (χ2n) is 5.18. The second-order valence-corrected chi connectivity index (χ2v) is 5.18. The molecule has 0 unspecified atom stereocenters. The zero-order valence-corrected chi connectivity index (χ0v) is 13.0. The lowest BCUT2D eigenvalue weighted by molar-refractivity contribution is -0.385. The van der Waals surface area contributed by atoms with Crippen LogP contribution in [0, 0.1) is 22.9 Å². The Hall–Kier alpha value is -3.09. The third-order valence-electron chi connectivity index (χ3n) is 3.42. The average molecular weight is 331 g/mol. The second kappa shape index (κ2) is 6.99. The normalized spacial score (nSPS) is 11.6. The van der Waals surface area contributed by atoms with Crippen LogP contribution in [0.4, 0.5) is 10.1 Å². The van der Waals surface area contributed by atoms with E-state index in [-0.39, 0.29) is 16.8 Å². The summed E-state index contributed by atoms with van der Waals surface area (Å²) >= 11 is 0. The molecular formula is C17H14FNO5. The van der Waals surface area contributed by atoms with Crippen LogP contribution in [0.5, 0.6) is 0 Å². The molecule has 0 fully saturated rings. The van der Waals surface area contributed by atoms with Crippen LogP contribution in [0.1, 0.15) is 33.2 Å². The van der Waals surface area contributed by atoms with Crippen molar-refractivity contribution in [3.05, 3.63) is 75.1 Å². The predicted molar refractivity (Wildman–Crippen MR) is 83.4 cm³/mol. The summed E-state index contributed by atoms with van der Waals surface area (Å²) in [6.45, 7) is 2.93. The molecule has 7 heteroatoms. The molecule has 0 N–H and O–H groups in total. The van der Waals surface area contributed by atoms with Crippen molar-refractivity contribution in [2.24, 2.45) is 0 Å². The Morgan fingerprint density at radius 3 is 2.29 bits per heavy atom. The summed E-state index contributed by atoms with van der Waals surface area (Å²) in [6, 6.07) is 8.77. The van der Waals surface area contributed by atoms with Gasteiger partial charge in [-0.1, -0.05) is 6.07 Å². The Balaban J connectivity index is 2.14.